The Labute approximate surface area is 63.0 Å². The van der Waals surface area contributed by atoms with Crippen LogP contribution >= 0.6 is 0 Å². The minimum atomic E-state index is 0.377. The van der Waals surface area contributed by atoms with Crippen molar-refractivity contribution in [2.75, 3.05) is 13.2 Å². The SMILES string of the molecule is CC(C)OC[C@H]1CCCN1. The molecule has 2 nitrogen and oxygen atoms in total. The molecule has 0 aromatic heterocycles. The number of hydrogen-bond donors (Lipinski definition) is 1. The van der Waals surface area contributed by atoms with Crippen molar-refractivity contribution in [3.63, 3.8) is 0 Å². The maximum absolute atomic E-state index is 5.46. The van der Waals surface area contributed by atoms with Gasteiger partial charge in [-0.05, 0) is 33.2 Å². The lowest BCUT2D eigenvalue weighted by Crippen LogP contribution is -2.28. The third kappa shape index (κ3) is 2.67. The second-order valence-electron chi connectivity index (χ2n) is 3.18. The summed E-state index contributed by atoms with van der Waals surface area (Å²) in [6.45, 7) is 6.22. The molecule has 1 aliphatic rings. The van der Waals surface area contributed by atoms with E-state index in [-0.39, 0.29) is 0 Å². The molecule has 0 aromatic rings. The van der Waals surface area contributed by atoms with E-state index in [0.29, 0.717) is 12.1 Å². The van der Waals surface area contributed by atoms with Crippen LogP contribution in [-0.4, -0.2) is 25.3 Å². The largest absolute Gasteiger partial charge is 0.377 e. The molecule has 0 unspecified atom stereocenters. The maximum atomic E-state index is 5.46. The summed E-state index contributed by atoms with van der Waals surface area (Å²) in [7, 11) is 0. The summed E-state index contributed by atoms with van der Waals surface area (Å²) >= 11 is 0. The lowest BCUT2D eigenvalue weighted by molar-refractivity contribution is 0.0649. The first-order valence-electron chi connectivity index (χ1n) is 4.14. The van der Waals surface area contributed by atoms with Crippen LogP contribution in [0, 0.1) is 0 Å². The van der Waals surface area contributed by atoms with Gasteiger partial charge in [-0.25, -0.2) is 0 Å². The second-order valence-corrected chi connectivity index (χ2v) is 3.18. The normalized spacial score (nSPS) is 26.1. The van der Waals surface area contributed by atoms with E-state index in [1.165, 1.54) is 19.4 Å². The van der Waals surface area contributed by atoms with Gasteiger partial charge in [0.15, 0.2) is 0 Å². The first-order valence-corrected chi connectivity index (χ1v) is 4.14. The van der Waals surface area contributed by atoms with Gasteiger partial charge in [-0.2, -0.15) is 0 Å². The lowest BCUT2D eigenvalue weighted by Gasteiger charge is -2.12. The van der Waals surface area contributed by atoms with Crippen molar-refractivity contribution in [3.05, 3.63) is 0 Å². The first kappa shape index (κ1) is 8.02. The number of ether oxygens (including phenoxy) is 1. The van der Waals surface area contributed by atoms with Crippen molar-refractivity contribution in [1.82, 2.24) is 5.32 Å². The number of hydrogen-bond acceptors (Lipinski definition) is 2. The molecular weight excluding hydrogens is 126 g/mol. The Kier molecular flexibility index (Phi) is 3.16. The van der Waals surface area contributed by atoms with Gasteiger partial charge >= 0.3 is 0 Å². The van der Waals surface area contributed by atoms with Crippen LogP contribution in [0.5, 0.6) is 0 Å². The third-order valence-electron chi connectivity index (χ3n) is 1.79. The van der Waals surface area contributed by atoms with Crippen LogP contribution in [0.3, 0.4) is 0 Å². The summed E-state index contributed by atoms with van der Waals surface area (Å²) < 4.78 is 5.46. The Hall–Kier alpha value is -0.0800. The van der Waals surface area contributed by atoms with Crippen molar-refractivity contribution < 1.29 is 4.74 Å². The molecule has 1 atom stereocenters. The van der Waals surface area contributed by atoms with E-state index in [1.54, 1.807) is 0 Å². The molecule has 0 aromatic carbocycles. The van der Waals surface area contributed by atoms with E-state index >= 15 is 0 Å². The molecule has 0 radical (unpaired) electrons. The molecule has 1 fully saturated rings. The number of rotatable bonds is 3. The number of nitrogens with one attached hydrogen (secondary N) is 1. The maximum Gasteiger partial charge on any atom is 0.0623 e. The average molecular weight is 143 g/mol. The molecule has 1 saturated heterocycles. The summed E-state index contributed by atoms with van der Waals surface area (Å²) in [6, 6.07) is 0.627. The van der Waals surface area contributed by atoms with Crippen LogP contribution in [0.25, 0.3) is 0 Å². The van der Waals surface area contributed by atoms with Gasteiger partial charge in [0.1, 0.15) is 0 Å². The van der Waals surface area contributed by atoms with Gasteiger partial charge in [0.05, 0.1) is 12.7 Å². The molecule has 0 spiro atoms. The van der Waals surface area contributed by atoms with Crippen LogP contribution in [0.4, 0.5) is 0 Å². The van der Waals surface area contributed by atoms with E-state index < -0.39 is 0 Å². The van der Waals surface area contributed by atoms with Gasteiger partial charge in [0.2, 0.25) is 0 Å². The highest BCUT2D eigenvalue weighted by molar-refractivity contribution is 4.73. The fraction of sp³-hybridized carbons (Fsp3) is 1.00. The molecular formula is C8H17NO. The van der Waals surface area contributed by atoms with Crippen molar-refractivity contribution in [3.8, 4) is 0 Å². The van der Waals surface area contributed by atoms with Gasteiger partial charge in [-0.3, -0.25) is 0 Å². The predicted molar refractivity (Wildman–Crippen MR) is 42.1 cm³/mol. The molecule has 2 heteroatoms. The van der Waals surface area contributed by atoms with Crippen molar-refractivity contribution in [1.29, 1.82) is 0 Å². The molecule has 10 heavy (non-hydrogen) atoms. The molecule has 1 heterocycles. The topological polar surface area (TPSA) is 21.3 Å². The average Bonchev–Trinajstić information content (AvgIpc) is 2.34. The van der Waals surface area contributed by atoms with Gasteiger partial charge in [-0.1, -0.05) is 0 Å². The van der Waals surface area contributed by atoms with Gasteiger partial charge in [0.25, 0.3) is 0 Å². The van der Waals surface area contributed by atoms with E-state index in [0.717, 1.165) is 6.61 Å². The predicted octanol–water partition coefficient (Wildman–Crippen LogP) is 1.16. The standard InChI is InChI=1S/C8H17NO/c1-7(2)10-6-8-4-3-5-9-8/h7-9H,3-6H2,1-2H3/t8-/m1/s1. The summed E-state index contributed by atoms with van der Waals surface area (Å²) in [5.41, 5.74) is 0. The molecule has 60 valence electrons. The van der Waals surface area contributed by atoms with E-state index in [4.69, 9.17) is 4.74 Å². The molecule has 0 aliphatic carbocycles. The zero-order valence-corrected chi connectivity index (χ0v) is 6.89. The quantitative estimate of drug-likeness (QED) is 0.640. The fourth-order valence-corrected chi connectivity index (χ4v) is 1.21. The highest BCUT2D eigenvalue weighted by atomic mass is 16.5. The highest BCUT2D eigenvalue weighted by Crippen LogP contribution is 2.05. The van der Waals surface area contributed by atoms with Crippen LogP contribution < -0.4 is 5.32 Å². The molecule has 1 rings (SSSR count). The van der Waals surface area contributed by atoms with E-state index in [2.05, 4.69) is 19.2 Å². The van der Waals surface area contributed by atoms with Crippen LogP contribution in [-0.2, 0) is 4.74 Å². The Balaban J connectivity index is 2.01. The monoisotopic (exact) mass is 143 g/mol. The van der Waals surface area contributed by atoms with Gasteiger partial charge in [-0.15, -0.1) is 0 Å². The molecule has 0 bridgehead atoms. The van der Waals surface area contributed by atoms with Crippen LogP contribution in [0.1, 0.15) is 26.7 Å². The minimum Gasteiger partial charge on any atom is -0.377 e. The third-order valence-corrected chi connectivity index (χ3v) is 1.79. The molecule has 0 saturated carbocycles. The van der Waals surface area contributed by atoms with E-state index in [1.807, 2.05) is 0 Å². The van der Waals surface area contributed by atoms with Crippen molar-refractivity contribution in [2.24, 2.45) is 0 Å². The fourth-order valence-electron chi connectivity index (χ4n) is 1.21. The van der Waals surface area contributed by atoms with Crippen LogP contribution in [0.15, 0.2) is 0 Å². The Morgan fingerprint density at radius 3 is 2.90 bits per heavy atom. The van der Waals surface area contributed by atoms with Crippen LogP contribution in [0.2, 0.25) is 0 Å². The zero-order chi connectivity index (χ0) is 7.40. The van der Waals surface area contributed by atoms with E-state index in [9.17, 15) is 0 Å². The first-order chi connectivity index (χ1) is 4.79. The highest BCUT2D eigenvalue weighted by Gasteiger charge is 2.13. The lowest BCUT2D eigenvalue weighted by atomic mass is 10.2. The Morgan fingerprint density at radius 2 is 2.40 bits per heavy atom. The van der Waals surface area contributed by atoms with Gasteiger partial charge in [0, 0.05) is 6.04 Å². The minimum absolute atomic E-state index is 0.377. The second kappa shape index (κ2) is 3.94. The smallest absolute Gasteiger partial charge is 0.0623 e. The molecule has 1 N–H and O–H groups in total. The van der Waals surface area contributed by atoms with Gasteiger partial charge < -0.3 is 10.1 Å². The molecule has 0 amide bonds. The zero-order valence-electron chi connectivity index (χ0n) is 6.89. The Morgan fingerprint density at radius 1 is 1.60 bits per heavy atom. The summed E-state index contributed by atoms with van der Waals surface area (Å²) in [5, 5.41) is 3.39. The van der Waals surface area contributed by atoms with Crippen molar-refractivity contribution >= 4 is 0 Å². The van der Waals surface area contributed by atoms with Crippen molar-refractivity contribution in [2.45, 2.75) is 38.8 Å². The summed E-state index contributed by atoms with van der Waals surface area (Å²) in [4.78, 5) is 0. The summed E-state index contributed by atoms with van der Waals surface area (Å²) in [6.07, 6.45) is 2.97. The summed E-state index contributed by atoms with van der Waals surface area (Å²) in [5.74, 6) is 0. The molecule has 1 aliphatic heterocycles. The Bertz CT molecular complexity index is 87.3.